The Hall–Kier alpha value is -4.67. The largest absolute Gasteiger partial charge is 0.501 e. The van der Waals surface area contributed by atoms with E-state index >= 15 is 0 Å². The number of carbonyl (C=O) groups excluding carboxylic acids is 2. The fourth-order valence-corrected chi connectivity index (χ4v) is 6.13. The van der Waals surface area contributed by atoms with Gasteiger partial charge in [0, 0.05) is 18.7 Å². The molecule has 50 heavy (non-hydrogen) atoms. The summed E-state index contributed by atoms with van der Waals surface area (Å²) in [7, 11) is -5.45. The Labute approximate surface area is 287 Å². The van der Waals surface area contributed by atoms with Crippen LogP contribution < -0.4 is 4.74 Å². The van der Waals surface area contributed by atoms with E-state index in [9.17, 15) is 36.0 Å². The van der Waals surface area contributed by atoms with Crippen molar-refractivity contribution < 1.29 is 55.1 Å². The van der Waals surface area contributed by atoms with Crippen molar-refractivity contribution in [1.29, 1.82) is 0 Å². The van der Waals surface area contributed by atoms with Crippen molar-refractivity contribution in [2.75, 3.05) is 19.7 Å². The maximum atomic E-state index is 12.8. The molecular formula is C33H39F3N4O9S. The SMILES string of the molecule is CC(C)(C)OC(=O)N1CCCC[C@@H]1C(=O)O.O=C(COc1ccccc1)N1CCCC[C@@H]1c1nc(-c2ccc(S(=O)(=O)C(F)(F)F)cc2)no1. The average Bonchev–Trinajstić information content (AvgIpc) is 3.57. The molecule has 272 valence electrons. The summed E-state index contributed by atoms with van der Waals surface area (Å²) in [4.78, 5) is 41.9. The van der Waals surface area contributed by atoms with Gasteiger partial charge in [-0.05, 0) is 95.7 Å². The summed E-state index contributed by atoms with van der Waals surface area (Å²) in [6, 6.07) is 11.8. The number of carbonyl (C=O) groups is 3. The maximum absolute atomic E-state index is 12.8. The van der Waals surface area contributed by atoms with E-state index in [-0.39, 0.29) is 29.8 Å². The number of alkyl halides is 3. The van der Waals surface area contributed by atoms with Gasteiger partial charge >= 0.3 is 17.6 Å². The zero-order chi connectivity index (χ0) is 36.7. The van der Waals surface area contributed by atoms with Crippen LogP contribution in [0.3, 0.4) is 0 Å². The molecule has 2 aliphatic rings. The van der Waals surface area contributed by atoms with Crippen LogP contribution in [0.1, 0.15) is 71.2 Å². The summed E-state index contributed by atoms with van der Waals surface area (Å²) < 4.78 is 77.4. The second-order valence-electron chi connectivity index (χ2n) is 12.7. The number of carboxylic acid groups (broad SMARTS) is 1. The molecule has 0 bridgehead atoms. The van der Waals surface area contributed by atoms with E-state index in [4.69, 9.17) is 19.1 Å². The monoisotopic (exact) mass is 724 g/mol. The first-order valence-electron chi connectivity index (χ1n) is 15.9. The number of benzene rings is 2. The van der Waals surface area contributed by atoms with Crippen LogP contribution in [0, 0.1) is 0 Å². The van der Waals surface area contributed by atoms with E-state index in [2.05, 4.69) is 10.1 Å². The number of piperidine rings is 2. The van der Waals surface area contributed by atoms with Crippen molar-refractivity contribution in [1.82, 2.24) is 19.9 Å². The maximum Gasteiger partial charge on any atom is 0.501 e. The molecule has 0 spiro atoms. The molecule has 2 saturated heterocycles. The Kier molecular flexibility index (Phi) is 12.1. The van der Waals surface area contributed by atoms with Gasteiger partial charge in [0.1, 0.15) is 23.4 Å². The number of likely N-dealkylation sites (tertiary alicyclic amines) is 2. The van der Waals surface area contributed by atoms with Gasteiger partial charge in [0.05, 0.1) is 4.90 Å². The van der Waals surface area contributed by atoms with Gasteiger partial charge in [0.25, 0.3) is 15.7 Å². The molecule has 2 amide bonds. The van der Waals surface area contributed by atoms with E-state index in [1.165, 1.54) is 17.0 Å². The number of sulfone groups is 1. The van der Waals surface area contributed by atoms with Crippen LogP contribution in [0.2, 0.25) is 0 Å². The number of hydrogen-bond acceptors (Lipinski definition) is 10. The molecular weight excluding hydrogens is 685 g/mol. The fraction of sp³-hybridized carbons (Fsp3) is 0.485. The lowest BCUT2D eigenvalue weighted by Crippen LogP contribution is -2.49. The molecule has 13 nitrogen and oxygen atoms in total. The van der Waals surface area contributed by atoms with Gasteiger partial charge in [-0.3, -0.25) is 9.69 Å². The Morgan fingerprint density at radius 2 is 1.54 bits per heavy atom. The van der Waals surface area contributed by atoms with Gasteiger partial charge in [0.15, 0.2) is 6.61 Å². The van der Waals surface area contributed by atoms with E-state index < -0.39 is 50.0 Å². The molecule has 0 aliphatic carbocycles. The predicted octanol–water partition coefficient (Wildman–Crippen LogP) is 6.02. The van der Waals surface area contributed by atoms with Crippen LogP contribution in [0.5, 0.6) is 5.75 Å². The summed E-state index contributed by atoms with van der Waals surface area (Å²) in [6.07, 6.45) is 3.91. The lowest BCUT2D eigenvalue weighted by Gasteiger charge is -2.34. The van der Waals surface area contributed by atoms with Crippen LogP contribution in [0.15, 0.2) is 64.0 Å². The summed E-state index contributed by atoms with van der Waals surface area (Å²) in [5, 5.41) is 12.9. The van der Waals surface area contributed by atoms with Gasteiger partial charge in [-0.15, -0.1) is 0 Å². The fourth-order valence-electron chi connectivity index (χ4n) is 5.36. The van der Waals surface area contributed by atoms with Crippen molar-refractivity contribution in [3.8, 4) is 17.1 Å². The molecule has 3 aromatic rings. The first kappa shape index (κ1) is 38.1. The lowest BCUT2D eigenvalue weighted by molar-refractivity contribution is -0.144. The van der Waals surface area contributed by atoms with Crippen LogP contribution in [-0.2, 0) is 24.2 Å². The number of carboxylic acids is 1. The van der Waals surface area contributed by atoms with Gasteiger partial charge in [-0.1, -0.05) is 23.4 Å². The van der Waals surface area contributed by atoms with Crippen LogP contribution in [0.4, 0.5) is 18.0 Å². The van der Waals surface area contributed by atoms with Crippen molar-refractivity contribution >= 4 is 27.8 Å². The molecule has 17 heteroatoms. The summed E-state index contributed by atoms with van der Waals surface area (Å²) in [6.45, 7) is 6.10. The van der Waals surface area contributed by atoms with Gasteiger partial charge < -0.3 is 24.0 Å². The second kappa shape index (κ2) is 15.9. The number of nitrogens with zero attached hydrogens (tertiary/aromatic N) is 4. The van der Waals surface area contributed by atoms with Crippen LogP contribution in [-0.4, -0.2) is 88.3 Å². The zero-order valence-corrected chi connectivity index (χ0v) is 28.6. The van der Waals surface area contributed by atoms with Crippen molar-refractivity contribution in [2.24, 2.45) is 0 Å². The number of ether oxygens (including phenoxy) is 2. The predicted molar refractivity (Wildman–Crippen MR) is 171 cm³/mol. The highest BCUT2D eigenvalue weighted by Crippen LogP contribution is 2.33. The average molecular weight is 725 g/mol. The van der Waals surface area contributed by atoms with E-state index in [1.54, 1.807) is 49.9 Å². The third-order valence-corrected chi connectivity index (χ3v) is 9.30. The summed E-state index contributed by atoms with van der Waals surface area (Å²) in [5.41, 5.74) is -5.70. The molecule has 0 radical (unpaired) electrons. The third-order valence-electron chi connectivity index (χ3n) is 7.80. The number of aliphatic carboxylic acids is 1. The topological polar surface area (TPSA) is 169 Å². The molecule has 5 rings (SSSR count). The number of amides is 2. The van der Waals surface area contributed by atoms with E-state index in [0.29, 0.717) is 31.7 Å². The zero-order valence-electron chi connectivity index (χ0n) is 27.8. The highest BCUT2D eigenvalue weighted by molar-refractivity contribution is 7.92. The first-order chi connectivity index (χ1) is 23.5. The molecule has 0 saturated carbocycles. The highest BCUT2D eigenvalue weighted by atomic mass is 32.2. The smallest absolute Gasteiger partial charge is 0.484 e. The number of halogens is 3. The van der Waals surface area contributed by atoms with Gasteiger partial charge in [-0.2, -0.15) is 18.2 Å². The number of para-hydroxylation sites is 1. The standard InChI is InChI=1S/C22H20F3N3O5S.C11H19NO4/c23-22(24,25)34(30,31)17-11-9-15(10-12-17)20-26-21(33-27-20)18-8-4-5-13-28(18)19(29)14-32-16-6-2-1-3-7-16;1-11(2,3)16-10(15)12-7-5-4-6-8(12)9(13)14/h1-3,6-7,9-12,18H,4-5,8,13-14H2;8H,4-7H2,1-3H3,(H,13,14)/t18-;8-/m11/s1. The quantitative estimate of drug-likeness (QED) is 0.302. The molecule has 2 atom stereocenters. The van der Waals surface area contributed by atoms with Gasteiger partial charge in [0.2, 0.25) is 11.7 Å². The van der Waals surface area contributed by atoms with Crippen molar-refractivity contribution in [3.63, 3.8) is 0 Å². The molecule has 2 aromatic carbocycles. The Bertz CT molecular complexity index is 1730. The minimum absolute atomic E-state index is 0.0736. The van der Waals surface area contributed by atoms with E-state index in [0.717, 1.165) is 37.8 Å². The molecule has 2 aliphatic heterocycles. The normalized spacial score (nSPS) is 18.4. The van der Waals surface area contributed by atoms with Crippen molar-refractivity contribution in [3.05, 3.63) is 60.5 Å². The minimum atomic E-state index is -5.45. The van der Waals surface area contributed by atoms with Crippen LogP contribution >= 0.6 is 0 Å². The second-order valence-corrected chi connectivity index (χ2v) is 14.6. The first-order valence-corrected chi connectivity index (χ1v) is 17.4. The summed E-state index contributed by atoms with van der Waals surface area (Å²) in [5.74, 6) is -0.361. The molecule has 3 heterocycles. The summed E-state index contributed by atoms with van der Waals surface area (Å²) >= 11 is 0. The van der Waals surface area contributed by atoms with Crippen LogP contribution in [0.25, 0.3) is 11.4 Å². The van der Waals surface area contributed by atoms with Gasteiger partial charge in [-0.25, -0.2) is 18.0 Å². The van der Waals surface area contributed by atoms with Crippen molar-refractivity contribution in [2.45, 2.75) is 87.4 Å². The Balaban J connectivity index is 0.000000295. The lowest BCUT2D eigenvalue weighted by atomic mass is 10.0. The Morgan fingerprint density at radius 3 is 2.14 bits per heavy atom. The third kappa shape index (κ3) is 9.73. The highest BCUT2D eigenvalue weighted by Gasteiger charge is 2.46. The number of hydrogen-bond donors (Lipinski definition) is 1. The molecule has 1 N–H and O–H groups in total. The Morgan fingerprint density at radius 1 is 0.920 bits per heavy atom. The molecule has 1 aromatic heterocycles. The minimum Gasteiger partial charge on any atom is -0.484 e. The molecule has 2 fully saturated rings. The number of aromatic nitrogens is 2. The number of rotatable bonds is 7. The van der Waals surface area contributed by atoms with E-state index in [1.807, 2.05) is 6.07 Å². The molecule has 0 unspecified atom stereocenters.